The highest BCUT2D eigenvalue weighted by atomic mass is 16.2. The van der Waals surface area contributed by atoms with E-state index in [2.05, 4.69) is 20.2 Å². The Bertz CT molecular complexity index is 776. The van der Waals surface area contributed by atoms with Crippen LogP contribution in [0.4, 0.5) is 5.95 Å². The Balaban J connectivity index is 1.90. The van der Waals surface area contributed by atoms with Crippen LogP contribution in [0.3, 0.4) is 0 Å². The Hall–Kier alpha value is -2.64. The molecule has 0 spiro atoms. The van der Waals surface area contributed by atoms with Gasteiger partial charge in [-0.05, 0) is 19.4 Å². The molecule has 0 radical (unpaired) electrons. The lowest BCUT2D eigenvalue weighted by Gasteiger charge is -2.27. The molecule has 22 heavy (non-hydrogen) atoms. The fourth-order valence-corrected chi connectivity index (χ4v) is 2.50. The summed E-state index contributed by atoms with van der Waals surface area (Å²) in [5, 5.41) is 6.76. The second-order valence-corrected chi connectivity index (χ2v) is 5.62. The molecule has 8 nitrogen and oxygen atoms in total. The summed E-state index contributed by atoms with van der Waals surface area (Å²) in [6.45, 7) is 2.66. The van der Waals surface area contributed by atoms with E-state index in [1.165, 1.54) is 0 Å². The van der Waals surface area contributed by atoms with Gasteiger partial charge in [0.25, 0.3) is 11.5 Å². The number of rotatable bonds is 2. The zero-order valence-corrected chi connectivity index (χ0v) is 12.8. The highest BCUT2D eigenvalue weighted by molar-refractivity contribution is 5.92. The Kier molecular flexibility index (Phi) is 3.44. The van der Waals surface area contributed by atoms with Crippen molar-refractivity contribution in [3.8, 4) is 0 Å². The largest absolute Gasteiger partial charge is 0.348 e. The molecule has 1 aliphatic heterocycles. The van der Waals surface area contributed by atoms with Gasteiger partial charge in [0.05, 0.1) is 12.2 Å². The highest BCUT2D eigenvalue weighted by Gasteiger charge is 2.26. The van der Waals surface area contributed by atoms with Crippen LogP contribution >= 0.6 is 0 Å². The predicted molar refractivity (Wildman–Crippen MR) is 81.0 cm³/mol. The Labute approximate surface area is 127 Å². The van der Waals surface area contributed by atoms with Crippen LogP contribution in [0.2, 0.25) is 0 Å². The minimum absolute atomic E-state index is 0.128. The van der Waals surface area contributed by atoms with E-state index in [-0.39, 0.29) is 11.5 Å². The van der Waals surface area contributed by atoms with Gasteiger partial charge in [-0.15, -0.1) is 0 Å². The normalized spacial score (nSPS) is 13.9. The number of H-pyrrole nitrogens is 2. The minimum atomic E-state index is -0.150. The van der Waals surface area contributed by atoms with Crippen LogP contribution in [0.25, 0.3) is 0 Å². The van der Waals surface area contributed by atoms with E-state index in [9.17, 15) is 9.59 Å². The smallest absolute Gasteiger partial charge is 0.274 e. The second kappa shape index (κ2) is 5.28. The monoisotopic (exact) mass is 302 g/mol. The van der Waals surface area contributed by atoms with Crippen molar-refractivity contribution in [2.45, 2.75) is 19.9 Å². The average Bonchev–Trinajstić information content (AvgIpc) is 2.92. The first-order chi connectivity index (χ1) is 10.5. The first kappa shape index (κ1) is 14.3. The SMILES string of the molecule is Cc1cc(C(=O)N2CCc3c(nc(N(C)C)[nH]c3=O)C2)n[nH]1. The molecule has 0 fully saturated rings. The van der Waals surface area contributed by atoms with Crippen molar-refractivity contribution in [1.29, 1.82) is 0 Å². The van der Waals surface area contributed by atoms with Crippen molar-refractivity contribution in [2.75, 3.05) is 25.5 Å². The lowest BCUT2D eigenvalue weighted by Crippen LogP contribution is -2.39. The molecular formula is C14H18N6O2. The third kappa shape index (κ3) is 2.47. The molecule has 116 valence electrons. The number of nitrogens with one attached hydrogen (secondary N) is 2. The fourth-order valence-electron chi connectivity index (χ4n) is 2.50. The lowest BCUT2D eigenvalue weighted by atomic mass is 10.1. The standard InChI is InChI=1S/C14H18N6O2/c1-8-6-10(18-17-8)13(22)20-5-4-9-11(7-20)15-14(19(2)3)16-12(9)21/h6H,4-5,7H2,1-3H3,(H,17,18)(H,15,16,21). The van der Waals surface area contributed by atoms with Gasteiger partial charge in [-0.2, -0.15) is 5.10 Å². The topological polar surface area (TPSA) is 98.0 Å². The quantitative estimate of drug-likeness (QED) is 0.818. The summed E-state index contributed by atoms with van der Waals surface area (Å²) in [6.07, 6.45) is 0.501. The maximum atomic E-state index is 12.4. The Morgan fingerprint density at radius 1 is 1.41 bits per heavy atom. The number of aromatic amines is 2. The van der Waals surface area contributed by atoms with Gasteiger partial charge in [-0.25, -0.2) is 4.98 Å². The maximum absolute atomic E-state index is 12.4. The number of aromatic nitrogens is 4. The molecule has 3 rings (SSSR count). The molecule has 8 heteroatoms. The van der Waals surface area contributed by atoms with E-state index in [1.807, 2.05) is 21.0 Å². The van der Waals surface area contributed by atoms with E-state index in [0.717, 1.165) is 5.69 Å². The van der Waals surface area contributed by atoms with E-state index >= 15 is 0 Å². The number of amides is 1. The summed E-state index contributed by atoms with van der Waals surface area (Å²) in [7, 11) is 3.62. The van der Waals surface area contributed by atoms with E-state index in [0.29, 0.717) is 42.4 Å². The summed E-state index contributed by atoms with van der Waals surface area (Å²) in [6, 6.07) is 1.72. The summed E-state index contributed by atoms with van der Waals surface area (Å²) in [5.74, 6) is 0.345. The number of hydrogen-bond acceptors (Lipinski definition) is 5. The van der Waals surface area contributed by atoms with Crippen LogP contribution in [0.1, 0.15) is 27.4 Å². The molecule has 0 bridgehead atoms. The number of fused-ring (bicyclic) bond motifs is 1. The summed E-state index contributed by atoms with van der Waals surface area (Å²) >= 11 is 0. The Morgan fingerprint density at radius 3 is 2.82 bits per heavy atom. The van der Waals surface area contributed by atoms with Crippen molar-refractivity contribution in [3.05, 3.63) is 39.1 Å². The third-order valence-electron chi connectivity index (χ3n) is 3.70. The van der Waals surface area contributed by atoms with Gasteiger partial charge >= 0.3 is 0 Å². The van der Waals surface area contributed by atoms with E-state index in [1.54, 1.807) is 15.9 Å². The molecule has 0 saturated carbocycles. The second-order valence-electron chi connectivity index (χ2n) is 5.62. The van der Waals surface area contributed by atoms with Crippen LogP contribution in [-0.4, -0.2) is 51.6 Å². The maximum Gasteiger partial charge on any atom is 0.274 e. The molecule has 0 unspecified atom stereocenters. The van der Waals surface area contributed by atoms with Crippen molar-refractivity contribution in [2.24, 2.45) is 0 Å². The number of nitrogens with zero attached hydrogens (tertiary/aromatic N) is 4. The molecule has 0 atom stereocenters. The van der Waals surface area contributed by atoms with Crippen molar-refractivity contribution in [1.82, 2.24) is 25.1 Å². The van der Waals surface area contributed by atoms with Crippen molar-refractivity contribution < 1.29 is 4.79 Å². The average molecular weight is 302 g/mol. The summed E-state index contributed by atoms with van der Waals surface area (Å²) in [5.41, 5.74) is 2.41. The molecular weight excluding hydrogens is 284 g/mol. The predicted octanol–water partition coefficient (Wildman–Crippen LogP) is 0.0659. The molecule has 1 amide bonds. The molecule has 2 N–H and O–H groups in total. The molecule has 0 aliphatic carbocycles. The molecule has 2 aromatic heterocycles. The molecule has 0 saturated heterocycles. The Morgan fingerprint density at radius 2 is 2.18 bits per heavy atom. The zero-order valence-electron chi connectivity index (χ0n) is 12.8. The third-order valence-corrected chi connectivity index (χ3v) is 3.70. The van der Waals surface area contributed by atoms with Crippen LogP contribution < -0.4 is 10.5 Å². The van der Waals surface area contributed by atoms with Gasteiger partial charge in [0.2, 0.25) is 5.95 Å². The van der Waals surface area contributed by atoms with Gasteiger partial charge < -0.3 is 9.80 Å². The first-order valence-electron chi connectivity index (χ1n) is 7.06. The highest BCUT2D eigenvalue weighted by Crippen LogP contribution is 2.17. The number of anilines is 1. The molecule has 2 aromatic rings. The lowest BCUT2D eigenvalue weighted by molar-refractivity contribution is 0.0725. The van der Waals surface area contributed by atoms with Crippen LogP contribution in [0.5, 0.6) is 0 Å². The summed E-state index contributed by atoms with van der Waals surface area (Å²) in [4.78, 5) is 35.2. The zero-order chi connectivity index (χ0) is 15.9. The van der Waals surface area contributed by atoms with Crippen LogP contribution in [0.15, 0.2) is 10.9 Å². The number of carbonyl (C=O) groups excluding carboxylic acids is 1. The molecule has 1 aliphatic rings. The van der Waals surface area contributed by atoms with Gasteiger partial charge in [0, 0.05) is 31.9 Å². The number of hydrogen-bond donors (Lipinski definition) is 2. The first-order valence-corrected chi connectivity index (χ1v) is 7.06. The van der Waals surface area contributed by atoms with Crippen molar-refractivity contribution in [3.63, 3.8) is 0 Å². The summed E-state index contributed by atoms with van der Waals surface area (Å²) < 4.78 is 0. The molecule has 3 heterocycles. The van der Waals surface area contributed by atoms with Gasteiger partial charge in [0.1, 0.15) is 5.69 Å². The number of aryl methyl sites for hydroxylation is 1. The van der Waals surface area contributed by atoms with Crippen molar-refractivity contribution >= 4 is 11.9 Å². The van der Waals surface area contributed by atoms with E-state index < -0.39 is 0 Å². The minimum Gasteiger partial charge on any atom is -0.348 e. The van der Waals surface area contributed by atoms with Gasteiger partial charge in [-0.1, -0.05) is 0 Å². The molecule has 0 aromatic carbocycles. The van der Waals surface area contributed by atoms with Crippen LogP contribution in [0, 0.1) is 6.92 Å². The number of carbonyl (C=O) groups is 1. The van der Waals surface area contributed by atoms with Gasteiger partial charge in [0.15, 0.2) is 0 Å². The van der Waals surface area contributed by atoms with Crippen LogP contribution in [-0.2, 0) is 13.0 Å². The fraction of sp³-hybridized carbons (Fsp3) is 0.429. The van der Waals surface area contributed by atoms with E-state index in [4.69, 9.17) is 0 Å². The van der Waals surface area contributed by atoms with Gasteiger partial charge in [-0.3, -0.25) is 19.7 Å².